The lowest BCUT2D eigenvalue weighted by atomic mass is 9.93. The number of fused-ring (bicyclic) bond motifs is 1. The van der Waals surface area contributed by atoms with E-state index in [2.05, 4.69) is 33.2 Å². The molecular weight excluding hydrogens is 512 g/mol. The lowest BCUT2D eigenvalue weighted by molar-refractivity contribution is 0.0973. The van der Waals surface area contributed by atoms with Crippen LogP contribution >= 0.6 is 0 Å². The normalized spacial score (nSPS) is 22.1. The van der Waals surface area contributed by atoms with Gasteiger partial charge in [0.2, 0.25) is 0 Å². The maximum atomic E-state index is 13.8. The van der Waals surface area contributed by atoms with E-state index >= 15 is 0 Å². The van der Waals surface area contributed by atoms with E-state index < -0.39 is 0 Å². The van der Waals surface area contributed by atoms with E-state index in [9.17, 15) is 13.6 Å². The largest absolute Gasteiger partial charge is 0.376 e. The van der Waals surface area contributed by atoms with Crippen LogP contribution in [0.15, 0.2) is 59.4 Å². The molecule has 2 aliphatic heterocycles. The number of anilines is 1. The first-order chi connectivity index (χ1) is 19.3. The second-order valence-corrected chi connectivity index (χ2v) is 11.2. The first kappa shape index (κ1) is 26.7. The number of piperazine rings is 1. The number of nitrogens with zero attached hydrogens (tertiary/aromatic N) is 4. The Kier molecular flexibility index (Phi) is 7.18. The predicted molar refractivity (Wildman–Crippen MR) is 152 cm³/mol. The Morgan fingerprint density at radius 3 is 2.25 bits per heavy atom. The Morgan fingerprint density at radius 2 is 1.65 bits per heavy atom. The fourth-order valence-corrected chi connectivity index (χ4v) is 6.36. The first-order valence-electron chi connectivity index (χ1n) is 14.0. The van der Waals surface area contributed by atoms with Crippen LogP contribution in [0.5, 0.6) is 0 Å². The molecule has 2 aliphatic rings. The maximum absolute atomic E-state index is 13.8. The molecule has 0 saturated carbocycles. The van der Waals surface area contributed by atoms with Crippen LogP contribution in [-0.2, 0) is 11.3 Å². The molecule has 0 amide bonds. The van der Waals surface area contributed by atoms with Crippen LogP contribution in [0.4, 0.5) is 14.5 Å². The van der Waals surface area contributed by atoms with Crippen molar-refractivity contribution in [2.75, 3.05) is 24.6 Å². The van der Waals surface area contributed by atoms with Crippen molar-refractivity contribution in [1.29, 1.82) is 0 Å². The van der Waals surface area contributed by atoms with Gasteiger partial charge >= 0.3 is 0 Å². The van der Waals surface area contributed by atoms with Crippen molar-refractivity contribution in [3.63, 3.8) is 0 Å². The third kappa shape index (κ3) is 5.04. The Balaban J connectivity index is 1.34. The fraction of sp³-hybridized carbons (Fsp3) is 0.419. The van der Waals surface area contributed by atoms with Gasteiger partial charge in [0.05, 0.1) is 24.4 Å². The van der Waals surface area contributed by atoms with Crippen LogP contribution in [-0.4, -0.2) is 57.3 Å². The van der Waals surface area contributed by atoms with E-state index in [1.807, 2.05) is 6.92 Å². The second kappa shape index (κ2) is 10.8. The molecule has 2 aromatic heterocycles. The number of benzene rings is 2. The van der Waals surface area contributed by atoms with Crippen molar-refractivity contribution in [1.82, 2.24) is 19.4 Å². The van der Waals surface area contributed by atoms with Crippen LogP contribution in [0.3, 0.4) is 0 Å². The number of aromatic nitrogens is 3. The zero-order valence-corrected chi connectivity index (χ0v) is 23.1. The van der Waals surface area contributed by atoms with Gasteiger partial charge in [-0.15, -0.1) is 0 Å². The van der Waals surface area contributed by atoms with E-state index in [4.69, 9.17) is 9.72 Å². The number of hydrogen-bond donors (Lipinski definition) is 1. The Labute approximate surface area is 232 Å². The van der Waals surface area contributed by atoms with Crippen LogP contribution in [0.25, 0.3) is 11.2 Å². The zero-order chi connectivity index (χ0) is 28.0. The van der Waals surface area contributed by atoms with Gasteiger partial charge in [0.25, 0.3) is 5.56 Å². The van der Waals surface area contributed by atoms with Gasteiger partial charge in [-0.25, -0.2) is 13.8 Å². The highest BCUT2D eigenvalue weighted by atomic mass is 19.1. The fourth-order valence-electron chi connectivity index (χ4n) is 6.36. The Hall–Kier alpha value is -3.56. The van der Waals surface area contributed by atoms with E-state index in [0.717, 1.165) is 53.3 Å². The maximum Gasteiger partial charge on any atom is 0.251 e. The molecule has 0 unspecified atom stereocenters. The quantitative estimate of drug-likeness (QED) is 0.361. The molecule has 0 radical (unpaired) electrons. The summed E-state index contributed by atoms with van der Waals surface area (Å²) in [4.78, 5) is 25.5. The van der Waals surface area contributed by atoms with Crippen LogP contribution < -0.4 is 10.5 Å². The molecule has 6 rings (SSSR count). The summed E-state index contributed by atoms with van der Waals surface area (Å²) in [6.07, 6.45) is 2.18. The minimum Gasteiger partial charge on any atom is -0.376 e. The van der Waals surface area contributed by atoms with Gasteiger partial charge in [0.1, 0.15) is 28.6 Å². The molecule has 2 fully saturated rings. The molecule has 9 heteroatoms. The summed E-state index contributed by atoms with van der Waals surface area (Å²) >= 11 is 0. The third-order valence-corrected chi connectivity index (χ3v) is 8.37. The average molecular weight is 548 g/mol. The lowest BCUT2D eigenvalue weighted by Gasteiger charge is -2.48. The number of imidazole rings is 1. The summed E-state index contributed by atoms with van der Waals surface area (Å²) in [5.41, 5.74) is 4.08. The predicted octanol–water partition coefficient (Wildman–Crippen LogP) is 5.18. The monoisotopic (exact) mass is 547 g/mol. The first-order valence-corrected chi connectivity index (χ1v) is 14.0. The van der Waals surface area contributed by atoms with Crippen molar-refractivity contribution in [2.24, 2.45) is 0 Å². The van der Waals surface area contributed by atoms with E-state index in [1.165, 1.54) is 24.3 Å². The summed E-state index contributed by atoms with van der Waals surface area (Å²) in [5, 5.41) is 0. The van der Waals surface area contributed by atoms with Crippen molar-refractivity contribution in [3.8, 4) is 0 Å². The molecular formula is C31H35F2N5O2. The molecule has 2 aromatic carbocycles. The number of H-pyrrole nitrogens is 1. The van der Waals surface area contributed by atoms with Crippen molar-refractivity contribution >= 4 is 16.9 Å². The average Bonchev–Trinajstić information content (AvgIpc) is 3.56. The summed E-state index contributed by atoms with van der Waals surface area (Å²) in [5.74, 6) is 0.265. The number of hydrogen-bond acceptors (Lipinski definition) is 5. The number of ether oxygens (including phenoxy) is 1. The zero-order valence-electron chi connectivity index (χ0n) is 23.1. The van der Waals surface area contributed by atoms with Gasteiger partial charge in [-0.05, 0) is 69.0 Å². The number of pyridine rings is 1. The molecule has 1 N–H and O–H groups in total. The summed E-state index contributed by atoms with van der Waals surface area (Å²) in [6, 6.07) is 14.7. The topological polar surface area (TPSA) is 66.4 Å². The molecule has 3 atom stereocenters. The van der Waals surface area contributed by atoms with E-state index in [0.29, 0.717) is 19.6 Å². The smallest absolute Gasteiger partial charge is 0.251 e. The van der Waals surface area contributed by atoms with Gasteiger partial charge in [-0.2, -0.15) is 0 Å². The number of aromatic amines is 1. The molecule has 0 aliphatic carbocycles. The van der Waals surface area contributed by atoms with Gasteiger partial charge in [0.15, 0.2) is 0 Å². The lowest BCUT2D eigenvalue weighted by Crippen LogP contribution is -2.57. The minimum atomic E-state index is -0.291. The molecule has 40 heavy (non-hydrogen) atoms. The van der Waals surface area contributed by atoms with Crippen molar-refractivity contribution in [3.05, 3.63) is 93.5 Å². The van der Waals surface area contributed by atoms with Crippen LogP contribution in [0, 0.1) is 18.6 Å². The van der Waals surface area contributed by atoms with E-state index in [-0.39, 0.29) is 41.4 Å². The van der Waals surface area contributed by atoms with Crippen molar-refractivity contribution < 1.29 is 13.5 Å². The van der Waals surface area contributed by atoms with Gasteiger partial charge in [-0.1, -0.05) is 24.3 Å². The summed E-state index contributed by atoms with van der Waals surface area (Å²) in [7, 11) is 0. The highest BCUT2D eigenvalue weighted by Gasteiger charge is 2.36. The van der Waals surface area contributed by atoms with Gasteiger partial charge in [0, 0.05) is 37.8 Å². The molecule has 0 bridgehead atoms. The number of rotatable bonds is 6. The highest BCUT2D eigenvalue weighted by molar-refractivity contribution is 5.86. The molecule has 7 nitrogen and oxygen atoms in total. The number of nitrogens with one attached hydrogen (secondary N) is 1. The molecule has 0 spiro atoms. The van der Waals surface area contributed by atoms with Gasteiger partial charge in [-0.3, -0.25) is 9.69 Å². The molecule has 4 aromatic rings. The minimum absolute atomic E-state index is 0.0493. The molecule has 210 valence electrons. The highest BCUT2D eigenvalue weighted by Crippen LogP contribution is 2.36. The Bertz CT molecular complexity index is 1500. The number of aryl methyl sites for hydroxylation is 1. The third-order valence-electron chi connectivity index (χ3n) is 8.37. The molecule has 2 saturated heterocycles. The second-order valence-electron chi connectivity index (χ2n) is 11.2. The van der Waals surface area contributed by atoms with Crippen LogP contribution in [0.2, 0.25) is 0 Å². The van der Waals surface area contributed by atoms with Crippen LogP contribution in [0.1, 0.15) is 49.7 Å². The van der Waals surface area contributed by atoms with E-state index in [1.54, 1.807) is 30.3 Å². The van der Waals surface area contributed by atoms with Gasteiger partial charge < -0.3 is 19.2 Å². The SMILES string of the molecule is Cc1nc2c(N3C[C@@H](C)N(C(c4ccc(F)cc4)c4ccc(F)cc4)C[C@@H]3C)cc(=O)[nH]c2n1C[C@@H]1CCCO1. The summed E-state index contributed by atoms with van der Waals surface area (Å²) < 4.78 is 35.6. The van der Waals surface area contributed by atoms with Crippen molar-refractivity contribution in [2.45, 2.75) is 64.4 Å². The number of halogens is 2. The Morgan fingerprint density at radius 1 is 1.00 bits per heavy atom. The standard InChI is InChI=1S/C31H35F2N5O2/c1-19-17-37(30(22-6-10-24(32)11-7-22)23-8-12-25(33)13-9-23)20(2)16-36(19)27-15-28(39)35-31-29(27)34-21(3)38(31)18-26-5-4-14-40-26/h6-13,15,19-20,26,30H,4-5,14,16-18H2,1-3H3,(H,35,39)/t19-,20+,26-/m0/s1. The summed E-state index contributed by atoms with van der Waals surface area (Å²) in [6.45, 7) is 9.06. The molecule has 4 heterocycles.